The van der Waals surface area contributed by atoms with Crippen molar-refractivity contribution in [2.45, 2.75) is 13.8 Å². The molecule has 2 aromatic heterocycles. The predicted octanol–water partition coefficient (Wildman–Crippen LogP) is 6.23. The second kappa shape index (κ2) is 18.3. The van der Waals surface area contributed by atoms with E-state index in [0.29, 0.717) is 0 Å². The minimum atomic E-state index is 0. The average Bonchev–Trinajstić information content (AvgIpc) is 3.86. The van der Waals surface area contributed by atoms with E-state index in [4.69, 9.17) is 0 Å². The van der Waals surface area contributed by atoms with Crippen LogP contribution in [0, 0.1) is 52.0 Å². The van der Waals surface area contributed by atoms with Gasteiger partial charge in [-0.1, -0.05) is 38.1 Å². The van der Waals surface area contributed by atoms with E-state index in [1.807, 2.05) is 64.3 Å². The van der Waals surface area contributed by atoms with Crippen LogP contribution in [0.2, 0.25) is 0 Å². The van der Waals surface area contributed by atoms with Crippen molar-refractivity contribution in [2.24, 2.45) is 14.1 Å². The third-order valence-corrected chi connectivity index (χ3v) is 7.27. The molecule has 0 atom stereocenters. The molecule has 256 valence electrons. The average molecular weight is 999 g/mol. The van der Waals surface area contributed by atoms with Gasteiger partial charge in [0.25, 0.3) is 0 Å². The van der Waals surface area contributed by atoms with Crippen LogP contribution in [0.1, 0.15) is 11.6 Å². The molecule has 2 aliphatic rings. The summed E-state index contributed by atoms with van der Waals surface area (Å²) < 4.78 is 3.33. The third-order valence-electron chi connectivity index (χ3n) is 7.27. The first-order valence-corrected chi connectivity index (χ1v) is 14.7. The maximum atomic E-state index is 3.74. The normalized spacial score (nSPS) is 12.1. The van der Waals surface area contributed by atoms with E-state index in [-0.39, 0.29) is 42.1 Å². The number of nitrogens with zero attached hydrogens (tertiary/aromatic N) is 10. The molecule has 0 saturated carbocycles. The summed E-state index contributed by atoms with van der Waals surface area (Å²) in [5.74, 6) is 1.78. The molecule has 0 unspecified atom stereocenters. The van der Waals surface area contributed by atoms with Crippen LogP contribution in [0.25, 0.3) is 0 Å². The largest absolute Gasteiger partial charge is 0.504 e. The first-order valence-electron chi connectivity index (χ1n) is 14.7. The fraction of sp³-hybridized carbons (Fsp3) is 0.167. The quantitative estimate of drug-likeness (QED) is 0.190. The Morgan fingerprint density at radius 2 is 0.854 bits per heavy atom. The molecule has 12 heteroatoms. The standard InChI is InChI=1S/2C14H12N2.2C4H6N3.2Pt/c2*1-15-11-16(12-7-3-2-4-8-12)14-10-6-5-9-13(14)15;2*1-4-5-3-6-7(4)2;;/h2*2-7,9-11H,1H3;2*1-2H3;;/q2*-2;2*-1;;. The van der Waals surface area contributed by atoms with Gasteiger partial charge in [-0.2, -0.15) is 74.0 Å². The maximum Gasteiger partial charge on any atom is 0.0326 e. The molecule has 0 radical (unpaired) electrons. The number of benzene rings is 4. The molecule has 10 nitrogen and oxygen atoms in total. The van der Waals surface area contributed by atoms with Crippen molar-refractivity contribution in [1.82, 2.24) is 29.5 Å². The van der Waals surface area contributed by atoms with Gasteiger partial charge in [0, 0.05) is 79.0 Å². The predicted molar refractivity (Wildman–Crippen MR) is 182 cm³/mol. The maximum absolute atomic E-state index is 3.74. The molecule has 4 heterocycles. The summed E-state index contributed by atoms with van der Waals surface area (Å²) in [7, 11) is 7.78. The van der Waals surface area contributed by atoms with Gasteiger partial charge in [-0.3, -0.25) is 10.2 Å². The molecule has 2 aliphatic heterocycles. The van der Waals surface area contributed by atoms with Gasteiger partial charge in [0.15, 0.2) is 0 Å². The first-order chi connectivity index (χ1) is 22.3. The number of aromatic nitrogens is 6. The van der Waals surface area contributed by atoms with Crippen molar-refractivity contribution in [3.05, 3.63) is 147 Å². The minimum absolute atomic E-state index is 0. The molecular formula is C36H36N10Pt2-6. The summed E-state index contributed by atoms with van der Waals surface area (Å²) in [5.41, 5.74) is 6.98. The van der Waals surface area contributed by atoms with Crippen LogP contribution in [-0.4, -0.2) is 43.6 Å². The Morgan fingerprint density at radius 1 is 0.500 bits per heavy atom. The molecule has 0 N–H and O–H groups in total. The molecule has 48 heavy (non-hydrogen) atoms. The van der Waals surface area contributed by atoms with Crippen molar-refractivity contribution < 1.29 is 42.1 Å². The van der Waals surface area contributed by atoms with E-state index in [2.05, 4.69) is 153 Å². The molecule has 4 aromatic carbocycles. The van der Waals surface area contributed by atoms with Gasteiger partial charge in [0.05, 0.1) is 0 Å². The van der Waals surface area contributed by atoms with Crippen molar-refractivity contribution in [3.8, 4) is 0 Å². The summed E-state index contributed by atoms with van der Waals surface area (Å²) in [6.07, 6.45) is 4.92. The topological polar surface area (TPSA) is 74.4 Å². The number of hydrogen-bond acceptors (Lipinski definition) is 8. The summed E-state index contributed by atoms with van der Waals surface area (Å²) in [4.78, 5) is 16.0. The summed E-state index contributed by atoms with van der Waals surface area (Å²) in [5, 5.41) is 7.39. The van der Waals surface area contributed by atoms with Crippen molar-refractivity contribution >= 4 is 34.1 Å². The fourth-order valence-corrected chi connectivity index (χ4v) is 4.59. The van der Waals surface area contributed by atoms with Gasteiger partial charge in [-0.05, 0) is 62.7 Å². The molecule has 0 aliphatic carbocycles. The Kier molecular flexibility index (Phi) is 14.6. The van der Waals surface area contributed by atoms with Crippen LogP contribution in [0.3, 0.4) is 0 Å². The van der Waals surface area contributed by atoms with Crippen LogP contribution in [0.15, 0.2) is 97.1 Å². The van der Waals surface area contributed by atoms with E-state index in [1.54, 1.807) is 9.36 Å². The van der Waals surface area contributed by atoms with E-state index in [9.17, 15) is 0 Å². The van der Waals surface area contributed by atoms with Crippen LogP contribution in [-0.2, 0) is 56.2 Å². The zero-order valence-corrected chi connectivity index (χ0v) is 32.0. The molecule has 6 aromatic rings. The summed E-state index contributed by atoms with van der Waals surface area (Å²) in [6.45, 7) is 7.92. The zero-order chi connectivity index (χ0) is 32.5. The van der Waals surface area contributed by atoms with Crippen LogP contribution in [0.4, 0.5) is 34.1 Å². The molecule has 0 bridgehead atoms. The zero-order valence-electron chi connectivity index (χ0n) is 27.5. The molecule has 0 fully saturated rings. The van der Waals surface area contributed by atoms with Crippen molar-refractivity contribution in [3.63, 3.8) is 0 Å². The van der Waals surface area contributed by atoms with Gasteiger partial charge in [-0.25, -0.2) is 0 Å². The van der Waals surface area contributed by atoms with E-state index in [0.717, 1.165) is 23.0 Å². The van der Waals surface area contributed by atoms with Crippen molar-refractivity contribution in [2.75, 3.05) is 33.7 Å². The number of aryl methyl sites for hydroxylation is 4. The SMILES string of the molecule is CN1[CH-]N(c2[c-]cccc2)c2ccccc21.CN1[CH-]N(c2[c-]cccc2)c2ccccc21.Cc1n[c-]nn1C.Cc1n[c-]nn1C.[Pt].[Pt]. The minimum Gasteiger partial charge on any atom is -0.504 e. The Hall–Kier alpha value is -4.26. The Labute approximate surface area is 312 Å². The molecule has 8 rings (SSSR count). The van der Waals surface area contributed by atoms with Gasteiger partial charge in [-0.15, -0.1) is 11.4 Å². The fourth-order valence-electron chi connectivity index (χ4n) is 4.59. The van der Waals surface area contributed by atoms with Gasteiger partial charge >= 0.3 is 0 Å². The van der Waals surface area contributed by atoms with E-state index >= 15 is 0 Å². The summed E-state index contributed by atoms with van der Waals surface area (Å²) >= 11 is 0. The molecule has 0 spiro atoms. The van der Waals surface area contributed by atoms with Gasteiger partial charge < -0.3 is 38.9 Å². The monoisotopic (exact) mass is 998 g/mol. The van der Waals surface area contributed by atoms with Gasteiger partial charge in [0.1, 0.15) is 0 Å². The number of fused-ring (bicyclic) bond motifs is 2. The van der Waals surface area contributed by atoms with E-state index < -0.39 is 0 Å². The van der Waals surface area contributed by atoms with Crippen molar-refractivity contribution in [1.29, 1.82) is 0 Å². The Bertz CT molecular complexity index is 1640. The van der Waals surface area contributed by atoms with Crippen LogP contribution >= 0.6 is 0 Å². The Balaban J connectivity index is 0.000000183. The van der Waals surface area contributed by atoms with Crippen LogP contribution in [0.5, 0.6) is 0 Å². The number of anilines is 6. The summed E-state index contributed by atoms with van der Waals surface area (Å²) in [6, 6.07) is 39.2. The van der Waals surface area contributed by atoms with E-state index in [1.165, 1.54) is 22.7 Å². The molecule has 0 amide bonds. The second-order valence-electron chi connectivity index (χ2n) is 10.4. The smallest absolute Gasteiger partial charge is 0.0326 e. The van der Waals surface area contributed by atoms with Crippen LogP contribution < -0.4 is 19.6 Å². The van der Waals surface area contributed by atoms with Gasteiger partial charge in [0.2, 0.25) is 0 Å². The Morgan fingerprint density at radius 3 is 1.12 bits per heavy atom. The first kappa shape index (κ1) is 38.2. The molecular weight excluding hydrogens is 963 g/mol. The number of rotatable bonds is 2. The number of para-hydroxylation sites is 6. The third kappa shape index (κ3) is 9.42. The molecule has 0 saturated heterocycles. The second-order valence-corrected chi connectivity index (χ2v) is 10.4. The number of hydrogen-bond donors (Lipinski definition) is 0.